The smallest absolute Gasteiger partial charge is 0.225 e. The zero-order valence-electron chi connectivity index (χ0n) is 13.7. The van der Waals surface area contributed by atoms with Crippen molar-refractivity contribution in [1.29, 1.82) is 0 Å². The highest BCUT2D eigenvalue weighted by Crippen LogP contribution is 2.29. The second-order valence-electron chi connectivity index (χ2n) is 6.97. The molecule has 4 nitrogen and oxygen atoms in total. The molecular formula is C17H33N3O. The highest BCUT2D eigenvalue weighted by Gasteiger charge is 2.29. The van der Waals surface area contributed by atoms with Crippen LogP contribution in [0.15, 0.2) is 0 Å². The summed E-state index contributed by atoms with van der Waals surface area (Å²) >= 11 is 0. The molecule has 122 valence electrons. The Morgan fingerprint density at radius 2 is 1.67 bits per heavy atom. The number of nitrogens with two attached hydrogens (primary N) is 1. The number of carbonyl (C=O) groups is 1. The van der Waals surface area contributed by atoms with Crippen molar-refractivity contribution in [2.75, 3.05) is 39.3 Å². The Hall–Kier alpha value is -0.610. The maximum atomic E-state index is 12.6. The van der Waals surface area contributed by atoms with Gasteiger partial charge in [-0.25, -0.2) is 0 Å². The van der Waals surface area contributed by atoms with Crippen LogP contribution in [0, 0.1) is 11.8 Å². The SMILES string of the molecule is CC1CCC(C(=O)N2CCN(CCCCCN)CC2)CC1. The van der Waals surface area contributed by atoms with E-state index < -0.39 is 0 Å². The van der Waals surface area contributed by atoms with Gasteiger partial charge in [-0.1, -0.05) is 13.3 Å². The van der Waals surface area contributed by atoms with E-state index in [1.54, 1.807) is 0 Å². The van der Waals surface area contributed by atoms with Crippen molar-refractivity contribution in [3.8, 4) is 0 Å². The van der Waals surface area contributed by atoms with Crippen LogP contribution in [-0.4, -0.2) is 55.0 Å². The van der Waals surface area contributed by atoms with Gasteiger partial charge in [-0.2, -0.15) is 0 Å². The summed E-state index contributed by atoms with van der Waals surface area (Å²) < 4.78 is 0. The van der Waals surface area contributed by atoms with Crippen molar-refractivity contribution in [1.82, 2.24) is 9.80 Å². The third-order valence-electron chi connectivity index (χ3n) is 5.23. The molecule has 2 N–H and O–H groups in total. The molecule has 0 atom stereocenters. The van der Waals surface area contributed by atoms with E-state index in [0.29, 0.717) is 11.8 Å². The molecule has 1 heterocycles. The maximum Gasteiger partial charge on any atom is 0.225 e. The van der Waals surface area contributed by atoms with Crippen molar-refractivity contribution in [2.45, 2.75) is 51.9 Å². The number of carbonyl (C=O) groups excluding carboxylic acids is 1. The quantitative estimate of drug-likeness (QED) is 0.763. The molecule has 0 aromatic heterocycles. The lowest BCUT2D eigenvalue weighted by molar-refractivity contribution is -0.138. The normalized spacial score (nSPS) is 27.8. The van der Waals surface area contributed by atoms with Gasteiger partial charge in [0.1, 0.15) is 0 Å². The van der Waals surface area contributed by atoms with Crippen molar-refractivity contribution < 1.29 is 4.79 Å². The molecule has 1 aliphatic heterocycles. The zero-order valence-corrected chi connectivity index (χ0v) is 13.7. The highest BCUT2D eigenvalue weighted by molar-refractivity contribution is 5.79. The molecule has 4 heteroatoms. The molecule has 0 spiro atoms. The number of rotatable bonds is 6. The minimum atomic E-state index is 0.317. The number of amides is 1. The number of hydrogen-bond donors (Lipinski definition) is 1. The van der Waals surface area contributed by atoms with Gasteiger partial charge in [-0.05, 0) is 57.5 Å². The molecule has 0 aromatic carbocycles. The monoisotopic (exact) mass is 295 g/mol. The second-order valence-corrected chi connectivity index (χ2v) is 6.97. The van der Waals surface area contributed by atoms with Crippen LogP contribution < -0.4 is 5.73 Å². The summed E-state index contributed by atoms with van der Waals surface area (Å²) in [6.07, 6.45) is 8.30. The first-order chi connectivity index (χ1) is 10.2. The molecule has 1 aliphatic carbocycles. The number of nitrogens with zero attached hydrogens (tertiary/aromatic N) is 2. The molecule has 1 saturated carbocycles. The van der Waals surface area contributed by atoms with E-state index in [-0.39, 0.29) is 0 Å². The predicted molar refractivity (Wildman–Crippen MR) is 87.0 cm³/mol. The molecule has 21 heavy (non-hydrogen) atoms. The fourth-order valence-electron chi connectivity index (χ4n) is 3.61. The first-order valence-electron chi connectivity index (χ1n) is 8.92. The third kappa shape index (κ3) is 5.26. The van der Waals surface area contributed by atoms with Crippen LogP contribution in [0.25, 0.3) is 0 Å². The van der Waals surface area contributed by atoms with E-state index in [2.05, 4.69) is 16.7 Å². The molecule has 0 aromatic rings. The van der Waals surface area contributed by atoms with E-state index in [9.17, 15) is 4.79 Å². The summed E-state index contributed by atoms with van der Waals surface area (Å²) in [7, 11) is 0. The van der Waals surface area contributed by atoms with Crippen LogP contribution in [0.4, 0.5) is 0 Å². The summed E-state index contributed by atoms with van der Waals surface area (Å²) in [5, 5.41) is 0. The minimum Gasteiger partial charge on any atom is -0.340 e. The summed E-state index contributed by atoms with van der Waals surface area (Å²) in [5.74, 6) is 1.57. The standard InChI is InChI=1S/C17H33N3O/c1-15-5-7-16(8-6-15)17(21)20-13-11-19(12-14-20)10-4-2-3-9-18/h15-16H,2-14,18H2,1H3. The lowest BCUT2D eigenvalue weighted by Gasteiger charge is -2.37. The second kappa shape index (κ2) is 8.74. The molecule has 1 saturated heterocycles. The van der Waals surface area contributed by atoms with Gasteiger partial charge in [0.25, 0.3) is 0 Å². The Bertz CT molecular complexity index is 305. The van der Waals surface area contributed by atoms with Crippen LogP contribution in [0.5, 0.6) is 0 Å². The molecular weight excluding hydrogens is 262 g/mol. The first kappa shape index (κ1) is 16.8. The molecule has 0 unspecified atom stereocenters. The predicted octanol–water partition coefficient (Wildman–Crippen LogP) is 2.09. The third-order valence-corrected chi connectivity index (χ3v) is 5.23. The van der Waals surface area contributed by atoms with Crippen LogP contribution in [0.3, 0.4) is 0 Å². The van der Waals surface area contributed by atoms with Crippen LogP contribution in [-0.2, 0) is 4.79 Å². The average molecular weight is 295 g/mol. The Kier molecular flexibility index (Phi) is 6.97. The largest absolute Gasteiger partial charge is 0.340 e. The van der Waals surface area contributed by atoms with Crippen LogP contribution in [0.1, 0.15) is 51.9 Å². The van der Waals surface area contributed by atoms with Crippen LogP contribution >= 0.6 is 0 Å². The molecule has 2 rings (SSSR count). The fraction of sp³-hybridized carbons (Fsp3) is 0.941. The average Bonchev–Trinajstić information content (AvgIpc) is 2.52. The van der Waals surface area contributed by atoms with Gasteiger partial charge in [0, 0.05) is 32.1 Å². The first-order valence-corrected chi connectivity index (χ1v) is 8.92. The Labute approximate surface area is 130 Å². The number of unbranched alkanes of at least 4 members (excludes halogenated alkanes) is 2. The lowest BCUT2D eigenvalue weighted by atomic mass is 9.82. The van der Waals surface area contributed by atoms with Gasteiger partial charge in [0.05, 0.1) is 0 Å². The fourth-order valence-corrected chi connectivity index (χ4v) is 3.61. The molecule has 0 bridgehead atoms. The number of hydrogen-bond acceptors (Lipinski definition) is 3. The highest BCUT2D eigenvalue weighted by atomic mass is 16.2. The van der Waals surface area contributed by atoms with Gasteiger partial charge < -0.3 is 10.6 Å². The Morgan fingerprint density at radius 3 is 2.29 bits per heavy atom. The van der Waals surface area contributed by atoms with Crippen molar-refractivity contribution in [3.63, 3.8) is 0 Å². The lowest BCUT2D eigenvalue weighted by Crippen LogP contribution is -2.50. The summed E-state index contributed by atoms with van der Waals surface area (Å²) in [4.78, 5) is 17.2. The molecule has 1 amide bonds. The van der Waals surface area contributed by atoms with Crippen molar-refractivity contribution in [2.24, 2.45) is 17.6 Å². The topological polar surface area (TPSA) is 49.6 Å². The number of piperazine rings is 1. The van der Waals surface area contributed by atoms with E-state index in [1.165, 1.54) is 32.2 Å². The zero-order chi connectivity index (χ0) is 15.1. The summed E-state index contributed by atoms with van der Waals surface area (Å²) in [6.45, 7) is 8.26. The molecule has 2 fully saturated rings. The van der Waals surface area contributed by atoms with Crippen LogP contribution in [0.2, 0.25) is 0 Å². The Morgan fingerprint density at radius 1 is 1.00 bits per heavy atom. The van der Waals surface area contributed by atoms with E-state index >= 15 is 0 Å². The van der Waals surface area contributed by atoms with Crippen molar-refractivity contribution >= 4 is 5.91 Å². The molecule has 2 aliphatic rings. The Balaban J connectivity index is 1.65. The maximum absolute atomic E-state index is 12.6. The van der Waals surface area contributed by atoms with Gasteiger partial charge in [0.2, 0.25) is 5.91 Å². The minimum absolute atomic E-state index is 0.317. The van der Waals surface area contributed by atoms with Gasteiger partial charge >= 0.3 is 0 Å². The molecule has 0 radical (unpaired) electrons. The summed E-state index contributed by atoms with van der Waals surface area (Å²) in [6, 6.07) is 0. The van der Waals surface area contributed by atoms with E-state index in [0.717, 1.165) is 57.9 Å². The van der Waals surface area contributed by atoms with Gasteiger partial charge in [-0.3, -0.25) is 9.69 Å². The van der Waals surface area contributed by atoms with E-state index in [4.69, 9.17) is 5.73 Å². The van der Waals surface area contributed by atoms with Crippen molar-refractivity contribution in [3.05, 3.63) is 0 Å². The van der Waals surface area contributed by atoms with Gasteiger partial charge in [0.15, 0.2) is 0 Å². The summed E-state index contributed by atoms with van der Waals surface area (Å²) in [5.41, 5.74) is 5.52. The van der Waals surface area contributed by atoms with E-state index in [1.807, 2.05) is 0 Å². The van der Waals surface area contributed by atoms with Gasteiger partial charge in [-0.15, -0.1) is 0 Å².